The third-order valence-electron chi connectivity index (χ3n) is 3.40. The van der Waals surface area contributed by atoms with E-state index in [0.29, 0.717) is 11.1 Å². The third kappa shape index (κ3) is 4.61. The van der Waals surface area contributed by atoms with E-state index in [1.54, 1.807) is 23.7 Å². The molecule has 0 saturated heterocycles. The molecule has 0 atom stereocenters. The molecule has 0 bridgehead atoms. The normalized spacial score (nSPS) is 9.72. The van der Waals surface area contributed by atoms with Crippen LogP contribution in [0.3, 0.4) is 0 Å². The number of rotatable bonds is 3. The number of ether oxygens (including phenoxy) is 1. The van der Waals surface area contributed by atoms with Crippen molar-refractivity contribution in [1.29, 1.82) is 10.8 Å². The highest BCUT2D eigenvalue weighted by atomic mass is 32.1. The van der Waals surface area contributed by atoms with Crippen molar-refractivity contribution in [1.82, 2.24) is 4.98 Å². The number of aryl methyl sites for hydroxylation is 1. The van der Waals surface area contributed by atoms with Crippen molar-refractivity contribution in [3.8, 4) is 10.4 Å². The zero-order valence-corrected chi connectivity index (χ0v) is 15.4. The van der Waals surface area contributed by atoms with Crippen LogP contribution in [0.1, 0.15) is 30.5 Å². The number of aromatic nitrogens is 1. The van der Waals surface area contributed by atoms with Crippen LogP contribution in [0.15, 0.2) is 60.2 Å². The van der Waals surface area contributed by atoms with E-state index in [9.17, 15) is 0 Å². The van der Waals surface area contributed by atoms with Gasteiger partial charge in [0.1, 0.15) is 0 Å². The molecule has 0 radical (unpaired) electrons. The lowest BCUT2D eigenvalue weighted by atomic mass is 10.1. The summed E-state index contributed by atoms with van der Waals surface area (Å²) in [7, 11) is 0. The van der Waals surface area contributed by atoms with Crippen LogP contribution < -0.4 is 0 Å². The Morgan fingerprint density at radius 2 is 1.76 bits per heavy atom. The lowest BCUT2D eigenvalue weighted by Gasteiger charge is -2.10. The molecule has 1 aromatic carbocycles. The summed E-state index contributed by atoms with van der Waals surface area (Å²) in [6, 6.07) is 13.3. The first-order valence-corrected chi connectivity index (χ1v) is 8.93. The second kappa shape index (κ2) is 8.89. The van der Waals surface area contributed by atoms with Gasteiger partial charge in [0, 0.05) is 28.4 Å². The fourth-order valence-corrected chi connectivity index (χ4v) is 2.89. The van der Waals surface area contributed by atoms with E-state index in [1.807, 2.05) is 68.6 Å². The average Bonchev–Trinajstić information content (AvgIpc) is 3.18. The van der Waals surface area contributed by atoms with Gasteiger partial charge in [0.2, 0.25) is 11.8 Å². The monoisotopic (exact) mass is 351 g/mol. The highest BCUT2D eigenvalue weighted by Gasteiger charge is 2.12. The molecule has 3 aromatic rings. The number of hydrogen-bond donors (Lipinski definition) is 2. The molecule has 25 heavy (non-hydrogen) atoms. The van der Waals surface area contributed by atoms with E-state index < -0.39 is 0 Å². The molecule has 0 saturated carbocycles. The molecular formula is C20H21N3OS. The van der Waals surface area contributed by atoms with Gasteiger partial charge in [0.15, 0.2) is 0 Å². The van der Waals surface area contributed by atoms with Crippen LogP contribution >= 0.6 is 11.3 Å². The Balaban J connectivity index is 0.00000109. The summed E-state index contributed by atoms with van der Waals surface area (Å²) in [5, 5.41) is 18.2. The highest BCUT2D eigenvalue weighted by molar-refractivity contribution is 7.13. The van der Waals surface area contributed by atoms with Gasteiger partial charge >= 0.3 is 0 Å². The molecule has 3 rings (SSSR count). The number of thiophene rings is 1. The number of hydrogen-bond acceptors (Lipinski definition) is 5. The maximum atomic E-state index is 8.10. The second-order valence-electron chi connectivity index (χ2n) is 5.01. The maximum Gasteiger partial charge on any atom is 0.222 e. The smallest absolute Gasteiger partial charge is 0.222 e. The Morgan fingerprint density at radius 3 is 2.44 bits per heavy atom. The minimum Gasteiger partial charge on any atom is -0.421 e. The number of nitrogens with one attached hydrogen (secondary N) is 2. The molecule has 5 heteroatoms. The van der Waals surface area contributed by atoms with Gasteiger partial charge in [-0.2, -0.15) is 0 Å². The van der Waals surface area contributed by atoms with E-state index in [1.165, 1.54) is 0 Å². The average molecular weight is 351 g/mol. The van der Waals surface area contributed by atoms with Crippen molar-refractivity contribution in [3.05, 3.63) is 76.9 Å². The van der Waals surface area contributed by atoms with Crippen molar-refractivity contribution >= 4 is 23.1 Å². The van der Waals surface area contributed by atoms with Gasteiger partial charge in [0.05, 0.1) is 5.56 Å². The molecular weight excluding hydrogens is 330 g/mol. The van der Waals surface area contributed by atoms with Crippen molar-refractivity contribution in [2.75, 3.05) is 0 Å². The summed E-state index contributed by atoms with van der Waals surface area (Å²) in [5.74, 6) is -0.112. The Kier molecular flexibility index (Phi) is 6.60. The minimum absolute atomic E-state index is 0.0328. The SMILES string of the molecule is CC.Cc1ccccc1C(=N)OC(=N)c1cncc(-c2cccs2)c1. The van der Waals surface area contributed by atoms with Gasteiger partial charge in [-0.25, -0.2) is 0 Å². The Bertz CT molecular complexity index is 857. The van der Waals surface area contributed by atoms with Gasteiger partial charge in [-0.05, 0) is 36.1 Å². The summed E-state index contributed by atoms with van der Waals surface area (Å²) < 4.78 is 5.41. The van der Waals surface area contributed by atoms with E-state index >= 15 is 0 Å². The van der Waals surface area contributed by atoms with E-state index in [2.05, 4.69) is 4.98 Å². The lowest BCUT2D eigenvalue weighted by molar-refractivity contribution is 0.537. The maximum absolute atomic E-state index is 8.10. The third-order valence-corrected chi connectivity index (χ3v) is 4.32. The van der Waals surface area contributed by atoms with Crippen LogP contribution in [0.25, 0.3) is 10.4 Å². The van der Waals surface area contributed by atoms with Crippen LogP contribution in [0.5, 0.6) is 0 Å². The first-order valence-electron chi connectivity index (χ1n) is 8.05. The molecule has 0 spiro atoms. The lowest BCUT2D eigenvalue weighted by Crippen LogP contribution is -2.14. The summed E-state index contributed by atoms with van der Waals surface area (Å²) in [4.78, 5) is 5.26. The second-order valence-corrected chi connectivity index (χ2v) is 5.96. The molecule has 2 N–H and O–H groups in total. The molecule has 0 aliphatic rings. The van der Waals surface area contributed by atoms with E-state index in [0.717, 1.165) is 16.0 Å². The molecule has 0 amide bonds. The van der Waals surface area contributed by atoms with Gasteiger partial charge in [0.25, 0.3) is 0 Å². The van der Waals surface area contributed by atoms with Gasteiger partial charge < -0.3 is 4.74 Å². The van der Waals surface area contributed by atoms with Crippen molar-refractivity contribution < 1.29 is 4.74 Å². The van der Waals surface area contributed by atoms with Crippen molar-refractivity contribution in [2.45, 2.75) is 20.8 Å². The van der Waals surface area contributed by atoms with Gasteiger partial charge in [-0.3, -0.25) is 15.8 Å². The van der Waals surface area contributed by atoms with E-state index in [4.69, 9.17) is 15.6 Å². The number of nitrogens with zero attached hydrogens (tertiary/aromatic N) is 1. The predicted octanol–water partition coefficient (Wildman–Crippen LogP) is 5.51. The predicted molar refractivity (Wildman–Crippen MR) is 105 cm³/mol. The highest BCUT2D eigenvalue weighted by Crippen LogP contribution is 2.24. The largest absolute Gasteiger partial charge is 0.421 e. The fraction of sp³-hybridized carbons (Fsp3) is 0.150. The molecule has 0 unspecified atom stereocenters. The number of pyridine rings is 1. The summed E-state index contributed by atoms with van der Waals surface area (Å²) >= 11 is 1.62. The number of benzene rings is 1. The molecule has 0 aliphatic carbocycles. The van der Waals surface area contributed by atoms with Crippen LogP contribution in [0, 0.1) is 17.7 Å². The molecule has 0 fully saturated rings. The zero-order chi connectivity index (χ0) is 18.2. The zero-order valence-electron chi connectivity index (χ0n) is 14.5. The van der Waals surface area contributed by atoms with Gasteiger partial charge in [-0.15, -0.1) is 11.3 Å². The Labute approximate surface area is 152 Å². The van der Waals surface area contributed by atoms with Crippen molar-refractivity contribution in [3.63, 3.8) is 0 Å². The first kappa shape index (κ1) is 18.5. The van der Waals surface area contributed by atoms with Crippen LogP contribution in [-0.2, 0) is 4.74 Å². The molecule has 0 aliphatic heterocycles. The fourth-order valence-electron chi connectivity index (χ4n) is 2.19. The summed E-state index contributed by atoms with van der Waals surface area (Å²) in [6.45, 7) is 5.91. The van der Waals surface area contributed by atoms with Crippen LogP contribution in [-0.4, -0.2) is 16.8 Å². The molecule has 128 valence electrons. The van der Waals surface area contributed by atoms with Crippen LogP contribution in [0.2, 0.25) is 0 Å². The summed E-state index contributed by atoms with van der Waals surface area (Å²) in [5.41, 5.74) is 3.11. The van der Waals surface area contributed by atoms with Gasteiger partial charge in [-0.1, -0.05) is 38.1 Å². The molecule has 4 nitrogen and oxygen atoms in total. The summed E-state index contributed by atoms with van der Waals surface area (Å²) in [6.07, 6.45) is 3.33. The topological polar surface area (TPSA) is 69.8 Å². The minimum atomic E-state index is -0.0795. The van der Waals surface area contributed by atoms with Crippen LogP contribution in [0.4, 0.5) is 0 Å². The van der Waals surface area contributed by atoms with Crippen molar-refractivity contribution in [2.24, 2.45) is 0 Å². The quantitative estimate of drug-likeness (QED) is 0.482. The standard InChI is InChI=1S/C18H15N3OS.C2H6/c1-12-5-2-3-6-15(12)18(20)22-17(19)14-9-13(10-21-11-14)16-7-4-8-23-16;1-2/h2-11,19-20H,1H3;1-2H3. The first-order chi connectivity index (χ1) is 12.1. The molecule has 2 heterocycles. The molecule has 2 aromatic heterocycles. The van der Waals surface area contributed by atoms with E-state index in [-0.39, 0.29) is 11.8 Å². The Morgan fingerprint density at radius 1 is 1.00 bits per heavy atom. The Hall–Kier alpha value is -2.79.